The third-order valence-electron chi connectivity index (χ3n) is 18.4. The molecule has 2 aliphatic carbocycles. The van der Waals surface area contributed by atoms with Gasteiger partial charge in [-0.05, 0) is 95.1 Å². The smallest absolute Gasteiger partial charge is 0.202 e. The Morgan fingerprint density at radius 3 is 1.69 bits per heavy atom. The number of nitrogens with zero attached hydrogens (tertiary/aromatic N) is 2. The molecule has 0 saturated carbocycles. The molecule has 2 aromatic rings. The summed E-state index contributed by atoms with van der Waals surface area (Å²) in [7, 11) is 7.56. The summed E-state index contributed by atoms with van der Waals surface area (Å²) in [6.45, 7) is 12.6. The zero-order valence-corrected chi connectivity index (χ0v) is 49.4. The highest BCUT2D eigenvalue weighted by atomic mass is 16.8. The van der Waals surface area contributed by atoms with Gasteiger partial charge in [0.25, 0.3) is 0 Å². The minimum absolute atomic E-state index is 0.00538. The lowest BCUT2D eigenvalue weighted by molar-refractivity contribution is -0.328. The van der Waals surface area contributed by atoms with E-state index in [1.165, 1.54) is 18.2 Å². The Bertz CT molecular complexity index is 2660. The van der Waals surface area contributed by atoms with Gasteiger partial charge in [0.1, 0.15) is 47.8 Å². The van der Waals surface area contributed by atoms with E-state index in [-0.39, 0.29) is 84.5 Å². The van der Waals surface area contributed by atoms with Crippen molar-refractivity contribution in [3.63, 3.8) is 0 Å². The molecule has 83 heavy (non-hydrogen) atoms. The van der Waals surface area contributed by atoms with Gasteiger partial charge in [0.15, 0.2) is 49.3 Å². The Morgan fingerprint density at radius 1 is 0.554 bits per heavy atom. The fourth-order valence-electron chi connectivity index (χ4n) is 13.6. The topological polar surface area (TPSA) is 290 Å². The van der Waals surface area contributed by atoms with E-state index < -0.39 is 156 Å². The molecule has 23 atom stereocenters. The summed E-state index contributed by atoms with van der Waals surface area (Å²) in [4.78, 5) is 45.1. The Labute approximate surface area is 484 Å². The zero-order valence-electron chi connectivity index (χ0n) is 49.4. The molecule has 2 aromatic carbocycles. The number of phenols is 3. The number of carbonyl (C=O) groups excluding carboxylic acids is 3. The fourth-order valence-corrected chi connectivity index (χ4v) is 13.6. The molecule has 0 amide bonds. The molecular formula is C60H86N2O21. The summed E-state index contributed by atoms with van der Waals surface area (Å²) in [5.41, 5.74) is -3.75. The fraction of sp³-hybridized carbons (Fsp3) is 0.750. The van der Waals surface area contributed by atoms with Crippen molar-refractivity contribution >= 4 is 17.3 Å². The van der Waals surface area contributed by atoms with Crippen LogP contribution >= 0.6 is 0 Å². The number of ketones is 3. The number of aliphatic hydroxyl groups is 3. The summed E-state index contributed by atoms with van der Waals surface area (Å²) >= 11 is 0. The Hall–Kier alpha value is -3.83. The van der Waals surface area contributed by atoms with Crippen LogP contribution < -0.4 is 0 Å². The maximum absolute atomic E-state index is 14.5. The SMILES string of the molecule is CC[C@]1(O)C[C@@H](OC2CC(N(C)C)C(OC3CC(O)C(OC4CCC(=O)C(C)O4)C(C)O3)C(C)O2)c2c(O)c3c(c(O)c2[C@@H]1OC1CC(N(C)C)C(OC2CCC(OC4CCC(O)C(C)O4)C(C)O2)C(C)O1)C(=O)c1cccc(O)c1C3=O. The lowest BCUT2D eigenvalue weighted by Crippen LogP contribution is -2.58. The summed E-state index contributed by atoms with van der Waals surface area (Å²) < 4.78 is 77.2. The van der Waals surface area contributed by atoms with Crippen LogP contribution in [0.3, 0.4) is 0 Å². The number of hydrogen-bond donors (Lipinski definition) is 6. The van der Waals surface area contributed by atoms with Crippen molar-refractivity contribution in [3.05, 3.63) is 51.6 Å². The summed E-state index contributed by atoms with van der Waals surface area (Å²) in [5, 5.41) is 70.9. The minimum Gasteiger partial charge on any atom is -0.507 e. The number of hydrogen-bond acceptors (Lipinski definition) is 23. The molecule has 462 valence electrons. The van der Waals surface area contributed by atoms with Crippen molar-refractivity contribution in [3.8, 4) is 17.2 Å². The molecule has 0 bridgehead atoms. The van der Waals surface area contributed by atoms with Gasteiger partial charge in [-0.1, -0.05) is 19.1 Å². The van der Waals surface area contributed by atoms with Crippen molar-refractivity contribution in [1.29, 1.82) is 0 Å². The Morgan fingerprint density at radius 2 is 1.08 bits per heavy atom. The number of fused-ring (bicyclic) bond motifs is 3. The van der Waals surface area contributed by atoms with E-state index in [0.29, 0.717) is 38.5 Å². The van der Waals surface area contributed by atoms with E-state index in [9.17, 15) is 45.0 Å². The summed E-state index contributed by atoms with van der Waals surface area (Å²) in [5.74, 6) is -3.64. The van der Waals surface area contributed by atoms with Crippen LogP contribution in [0.5, 0.6) is 17.2 Å². The Balaban J connectivity index is 0.890. The zero-order chi connectivity index (χ0) is 59.7. The predicted octanol–water partition coefficient (Wildman–Crippen LogP) is 4.91. The molecule has 6 N–H and O–H groups in total. The molecule has 0 aromatic heterocycles. The maximum Gasteiger partial charge on any atom is 0.202 e. The van der Waals surface area contributed by atoms with Crippen LogP contribution in [0.2, 0.25) is 0 Å². The monoisotopic (exact) mass is 1170 g/mol. The molecule has 6 aliphatic heterocycles. The van der Waals surface area contributed by atoms with E-state index in [2.05, 4.69) is 0 Å². The van der Waals surface area contributed by atoms with E-state index in [4.69, 9.17) is 56.8 Å². The molecular weight excluding hydrogens is 1080 g/mol. The van der Waals surface area contributed by atoms with Gasteiger partial charge in [-0.3, -0.25) is 14.4 Å². The van der Waals surface area contributed by atoms with Gasteiger partial charge in [-0.25, -0.2) is 0 Å². The molecule has 20 unspecified atom stereocenters. The third-order valence-corrected chi connectivity index (χ3v) is 18.4. The molecule has 10 rings (SSSR count). The second-order valence-electron chi connectivity index (χ2n) is 24.5. The average Bonchev–Trinajstić information content (AvgIpc) is 0.798. The maximum atomic E-state index is 14.5. The molecule has 0 spiro atoms. The number of Topliss-reactive ketones (excluding diaryl/α,β-unsaturated/α-hetero) is 1. The highest BCUT2D eigenvalue weighted by Gasteiger charge is 2.55. The van der Waals surface area contributed by atoms with E-state index in [0.717, 1.165) is 0 Å². The normalized spacial score (nSPS) is 41.4. The molecule has 8 aliphatic rings. The van der Waals surface area contributed by atoms with Crippen LogP contribution in [-0.4, -0.2) is 215 Å². The lowest BCUT2D eigenvalue weighted by Gasteiger charge is -2.50. The number of aliphatic hydroxyl groups excluding tert-OH is 2. The van der Waals surface area contributed by atoms with Gasteiger partial charge < -0.3 is 97.3 Å². The average molecular weight is 1170 g/mol. The van der Waals surface area contributed by atoms with E-state index in [1.807, 2.05) is 58.8 Å². The minimum atomic E-state index is -1.88. The first-order valence-corrected chi connectivity index (χ1v) is 29.7. The van der Waals surface area contributed by atoms with Crippen molar-refractivity contribution in [2.24, 2.45) is 0 Å². The molecule has 0 radical (unpaired) electrons. The van der Waals surface area contributed by atoms with Crippen molar-refractivity contribution in [2.45, 2.75) is 260 Å². The van der Waals surface area contributed by atoms with Crippen molar-refractivity contribution in [2.75, 3.05) is 28.2 Å². The second-order valence-corrected chi connectivity index (χ2v) is 24.5. The van der Waals surface area contributed by atoms with Crippen LogP contribution in [0.25, 0.3) is 0 Å². The Kier molecular flexibility index (Phi) is 18.8. The number of aromatic hydroxyl groups is 3. The molecule has 6 saturated heterocycles. The third kappa shape index (κ3) is 12.4. The van der Waals surface area contributed by atoms with E-state index in [1.54, 1.807) is 27.7 Å². The second kappa shape index (κ2) is 25.1. The first-order chi connectivity index (χ1) is 39.4. The van der Waals surface area contributed by atoms with Crippen molar-refractivity contribution in [1.82, 2.24) is 9.80 Å². The predicted molar refractivity (Wildman–Crippen MR) is 291 cm³/mol. The summed E-state index contributed by atoms with van der Waals surface area (Å²) in [6, 6.07) is 3.27. The number of rotatable bonds is 15. The highest BCUT2D eigenvalue weighted by Crippen LogP contribution is 2.58. The van der Waals surface area contributed by atoms with Crippen molar-refractivity contribution < 1.29 is 102 Å². The highest BCUT2D eigenvalue weighted by molar-refractivity contribution is 6.31. The van der Waals surface area contributed by atoms with Gasteiger partial charge in [0.2, 0.25) is 5.78 Å². The summed E-state index contributed by atoms with van der Waals surface area (Å²) in [6.07, 6.45) is -11.1. The first-order valence-electron chi connectivity index (χ1n) is 29.7. The van der Waals surface area contributed by atoms with Crippen LogP contribution in [0.15, 0.2) is 18.2 Å². The molecule has 6 fully saturated rings. The number of ether oxygens (including phenoxy) is 12. The lowest BCUT2D eigenvalue weighted by atomic mass is 9.70. The number of likely N-dealkylation sites (N-methyl/N-ethyl adjacent to an activating group) is 2. The largest absolute Gasteiger partial charge is 0.507 e. The number of benzene rings is 2. The molecule has 23 nitrogen and oxygen atoms in total. The van der Waals surface area contributed by atoms with Gasteiger partial charge in [0, 0.05) is 80.1 Å². The van der Waals surface area contributed by atoms with Gasteiger partial charge in [0.05, 0.1) is 77.2 Å². The van der Waals surface area contributed by atoms with Crippen LogP contribution in [-0.2, 0) is 61.6 Å². The number of phenolic OH excluding ortho intramolecular Hbond substituents is 3. The van der Waals surface area contributed by atoms with Crippen LogP contribution in [0, 0.1) is 0 Å². The first kappa shape index (κ1) is 62.2. The van der Waals surface area contributed by atoms with Crippen LogP contribution in [0.1, 0.15) is 174 Å². The molecule has 23 heteroatoms. The van der Waals surface area contributed by atoms with Gasteiger partial charge in [-0.15, -0.1) is 0 Å². The van der Waals surface area contributed by atoms with E-state index >= 15 is 0 Å². The standard InChI is InChI=1S/C60H86N2O21/c1-12-60(71)25-40(79-44-22-33(61(8)9)57(30(6)75-44)82-46-24-38(66)58(31(7)77-46)81-42-20-17-36(64)27(3)73-42)48-51(55(70)49-50(54(48)69)53(68)47-32(52(49)67)14-13-15-37(47)65)59(60)83-45-23-34(62(10)11)56(29(5)76-45)80-43-21-18-39(28(4)74-43)78-41-19-16-35(63)26(2)72-41/h13-15,26-31,33-35,38-46,56-59,63,65-66,69-71H,12,16-25H2,1-11H3/t26?,27?,28?,29?,30?,31?,33?,34?,35?,38?,39?,40-,41?,42?,43?,44?,45?,46?,56?,57?,58?,59+,60+/m1/s1. The van der Waals surface area contributed by atoms with Gasteiger partial charge >= 0.3 is 0 Å². The molecule has 6 heterocycles. The quantitative estimate of drug-likeness (QED) is 0.110. The van der Waals surface area contributed by atoms with Gasteiger partial charge in [-0.2, -0.15) is 0 Å². The van der Waals surface area contributed by atoms with Crippen LogP contribution in [0.4, 0.5) is 0 Å². The number of carbonyl (C=O) groups is 3.